The van der Waals surface area contributed by atoms with Crippen LogP contribution in [0.15, 0.2) is 24.3 Å². The number of para-hydroxylation sites is 1. The number of ether oxygens (including phenoxy) is 2. The number of hydrogen-bond acceptors (Lipinski definition) is 3. The zero-order valence-corrected chi connectivity index (χ0v) is 12.4. The van der Waals surface area contributed by atoms with E-state index in [1.807, 2.05) is 40.7 Å². The highest BCUT2D eigenvalue weighted by Crippen LogP contribution is 2.17. The molecule has 0 aliphatic rings. The Balaban J connectivity index is 0. The number of esters is 1. The molecule has 0 atom stereocenters. The first kappa shape index (κ1) is 18.8. The lowest BCUT2D eigenvalue weighted by molar-refractivity contribution is 0.0501. The summed E-state index contributed by atoms with van der Waals surface area (Å²) in [6, 6.07) is 7.03. The first-order chi connectivity index (χ1) is 8.79. The second kappa shape index (κ2) is 13.6. The Morgan fingerprint density at radius 2 is 1.67 bits per heavy atom. The van der Waals surface area contributed by atoms with Gasteiger partial charge in [-0.2, -0.15) is 0 Å². The fourth-order valence-corrected chi connectivity index (χ4v) is 1.09. The minimum absolute atomic E-state index is 0.329. The van der Waals surface area contributed by atoms with Crippen LogP contribution in [-0.4, -0.2) is 19.7 Å². The van der Waals surface area contributed by atoms with Gasteiger partial charge >= 0.3 is 5.97 Å². The average molecular weight is 254 g/mol. The van der Waals surface area contributed by atoms with E-state index in [0.29, 0.717) is 17.9 Å². The Labute approximate surface area is 111 Å². The summed E-state index contributed by atoms with van der Waals surface area (Å²) in [7, 11) is 1.53. The van der Waals surface area contributed by atoms with E-state index < -0.39 is 0 Å². The van der Waals surface area contributed by atoms with Gasteiger partial charge in [-0.1, -0.05) is 46.8 Å². The van der Waals surface area contributed by atoms with Gasteiger partial charge in [0.1, 0.15) is 11.3 Å². The third kappa shape index (κ3) is 6.94. The van der Waals surface area contributed by atoms with Crippen molar-refractivity contribution in [3.05, 3.63) is 29.8 Å². The van der Waals surface area contributed by atoms with Gasteiger partial charge in [-0.25, -0.2) is 4.79 Å². The van der Waals surface area contributed by atoms with Gasteiger partial charge in [-0.05, 0) is 18.6 Å². The molecule has 0 N–H and O–H groups in total. The van der Waals surface area contributed by atoms with Gasteiger partial charge in [0, 0.05) is 0 Å². The number of carbonyl (C=O) groups is 1. The van der Waals surface area contributed by atoms with Crippen LogP contribution in [0.1, 0.15) is 51.4 Å². The quantitative estimate of drug-likeness (QED) is 0.751. The predicted molar refractivity (Wildman–Crippen MR) is 76.3 cm³/mol. The van der Waals surface area contributed by atoms with E-state index in [1.54, 1.807) is 18.2 Å². The third-order valence-corrected chi connectivity index (χ3v) is 1.76. The lowest BCUT2D eigenvalue weighted by Gasteiger charge is -2.07. The molecule has 0 radical (unpaired) electrons. The summed E-state index contributed by atoms with van der Waals surface area (Å²) in [5.74, 6) is 0.220. The van der Waals surface area contributed by atoms with E-state index in [2.05, 4.69) is 0 Å². The summed E-state index contributed by atoms with van der Waals surface area (Å²) in [5, 5.41) is 0. The maximum Gasteiger partial charge on any atom is 0.341 e. The molecule has 104 valence electrons. The van der Waals surface area contributed by atoms with Gasteiger partial charge in [0.15, 0.2) is 0 Å². The van der Waals surface area contributed by atoms with E-state index in [4.69, 9.17) is 9.47 Å². The molecule has 0 amide bonds. The normalized spacial score (nSPS) is 8.11. The van der Waals surface area contributed by atoms with Crippen LogP contribution in [0.3, 0.4) is 0 Å². The lowest BCUT2D eigenvalue weighted by atomic mass is 10.2. The minimum Gasteiger partial charge on any atom is -0.496 e. The van der Waals surface area contributed by atoms with Gasteiger partial charge in [0.05, 0.1) is 13.7 Å². The zero-order chi connectivity index (χ0) is 14.4. The molecule has 0 fully saturated rings. The monoisotopic (exact) mass is 254 g/mol. The Morgan fingerprint density at radius 3 is 2.17 bits per heavy atom. The van der Waals surface area contributed by atoms with Gasteiger partial charge in [0.2, 0.25) is 0 Å². The highest BCUT2D eigenvalue weighted by molar-refractivity contribution is 5.92. The smallest absolute Gasteiger partial charge is 0.341 e. The van der Waals surface area contributed by atoms with Crippen LogP contribution in [0.4, 0.5) is 0 Å². The largest absolute Gasteiger partial charge is 0.496 e. The summed E-state index contributed by atoms with van der Waals surface area (Å²) in [5.41, 5.74) is 0.475. The highest BCUT2D eigenvalue weighted by atomic mass is 16.5. The van der Waals surface area contributed by atoms with Crippen molar-refractivity contribution in [2.24, 2.45) is 0 Å². The predicted octanol–water partition coefficient (Wildman–Crippen LogP) is 4.31. The van der Waals surface area contributed by atoms with Crippen molar-refractivity contribution < 1.29 is 14.3 Å². The summed E-state index contributed by atoms with van der Waals surface area (Å²) < 4.78 is 10.0. The van der Waals surface area contributed by atoms with Crippen LogP contribution in [0, 0.1) is 0 Å². The molecule has 0 aliphatic carbocycles. The molecule has 0 spiro atoms. The molecule has 3 heteroatoms. The fourth-order valence-electron chi connectivity index (χ4n) is 1.09. The van der Waals surface area contributed by atoms with Crippen molar-refractivity contribution in [2.45, 2.75) is 41.0 Å². The Bertz CT molecular complexity index is 308. The van der Waals surface area contributed by atoms with Crippen molar-refractivity contribution in [1.82, 2.24) is 0 Å². The molecule has 1 rings (SSSR count). The van der Waals surface area contributed by atoms with Crippen molar-refractivity contribution in [3.63, 3.8) is 0 Å². The molecular weight excluding hydrogens is 228 g/mol. The summed E-state index contributed by atoms with van der Waals surface area (Å²) >= 11 is 0. The number of carbonyl (C=O) groups excluding carboxylic acids is 1. The first-order valence-corrected chi connectivity index (χ1v) is 6.59. The van der Waals surface area contributed by atoms with Crippen molar-refractivity contribution in [3.8, 4) is 5.75 Å². The maximum atomic E-state index is 11.5. The molecule has 0 saturated carbocycles. The number of hydrogen-bond donors (Lipinski definition) is 0. The summed E-state index contributed by atoms with van der Waals surface area (Å²) in [6.07, 6.45) is 0.820. The van der Waals surface area contributed by atoms with E-state index in [1.165, 1.54) is 7.11 Å². The van der Waals surface area contributed by atoms with Crippen LogP contribution in [0.2, 0.25) is 0 Å². The third-order valence-electron chi connectivity index (χ3n) is 1.76. The summed E-state index contributed by atoms with van der Waals surface area (Å²) in [6.45, 7) is 10.4. The van der Waals surface area contributed by atoms with Crippen LogP contribution < -0.4 is 4.74 Å². The SMILES string of the molecule is CC.CC.CCCOC(=O)c1ccccc1OC. The average Bonchev–Trinajstić information content (AvgIpc) is 2.48. The summed E-state index contributed by atoms with van der Waals surface area (Å²) in [4.78, 5) is 11.5. The number of rotatable bonds is 4. The van der Waals surface area contributed by atoms with Crippen molar-refractivity contribution in [2.75, 3.05) is 13.7 Å². The number of benzene rings is 1. The minimum atomic E-state index is -0.329. The van der Waals surface area contributed by atoms with Crippen molar-refractivity contribution >= 4 is 5.97 Å². The molecule has 0 unspecified atom stereocenters. The van der Waals surface area contributed by atoms with Gasteiger partial charge in [0.25, 0.3) is 0 Å². The van der Waals surface area contributed by atoms with Crippen LogP contribution in [0.25, 0.3) is 0 Å². The molecular formula is C15H26O3. The molecule has 0 saturated heterocycles. The molecule has 18 heavy (non-hydrogen) atoms. The lowest BCUT2D eigenvalue weighted by Crippen LogP contribution is -2.07. The Kier molecular flexibility index (Phi) is 14.2. The van der Waals surface area contributed by atoms with E-state index in [9.17, 15) is 4.79 Å². The molecule has 0 heterocycles. The topological polar surface area (TPSA) is 35.5 Å². The standard InChI is InChI=1S/C11H14O3.2C2H6/c1-3-8-14-11(12)9-6-4-5-7-10(9)13-2;2*1-2/h4-7H,3,8H2,1-2H3;2*1-2H3. The highest BCUT2D eigenvalue weighted by Gasteiger charge is 2.11. The van der Waals surface area contributed by atoms with Crippen molar-refractivity contribution in [1.29, 1.82) is 0 Å². The molecule has 1 aromatic rings. The number of methoxy groups -OCH3 is 1. The van der Waals surface area contributed by atoms with Crippen LogP contribution in [0.5, 0.6) is 5.75 Å². The maximum absolute atomic E-state index is 11.5. The van der Waals surface area contributed by atoms with Crippen LogP contribution in [-0.2, 0) is 4.74 Å². The van der Waals surface area contributed by atoms with Gasteiger partial charge in [-0.15, -0.1) is 0 Å². The van der Waals surface area contributed by atoms with Gasteiger partial charge < -0.3 is 9.47 Å². The molecule has 0 bridgehead atoms. The van der Waals surface area contributed by atoms with Gasteiger partial charge in [-0.3, -0.25) is 0 Å². The van der Waals surface area contributed by atoms with E-state index >= 15 is 0 Å². The second-order valence-electron chi connectivity index (χ2n) is 2.84. The van der Waals surface area contributed by atoms with E-state index in [-0.39, 0.29) is 5.97 Å². The zero-order valence-electron chi connectivity index (χ0n) is 12.4. The first-order valence-electron chi connectivity index (χ1n) is 6.59. The molecule has 0 aliphatic heterocycles. The Morgan fingerprint density at radius 1 is 1.11 bits per heavy atom. The molecule has 1 aromatic carbocycles. The Hall–Kier alpha value is -1.51. The molecule has 0 aromatic heterocycles. The second-order valence-corrected chi connectivity index (χ2v) is 2.84. The molecule has 3 nitrogen and oxygen atoms in total. The fraction of sp³-hybridized carbons (Fsp3) is 0.533. The van der Waals surface area contributed by atoms with E-state index in [0.717, 1.165) is 6.42 Å². The van der Waals surface area contributed by atoms with Crippen LogP contribution >= 0.6 is 0 Å².